The van der Waals surface area contributed by atoms with Crippen LogP contribution in [-0.2, 0) is 25.5 Å². The van der Waals surface area contributed by atoms with Gasteiger partial charge in [-0.05, 0) is 31.9 Å². The highest BCUT2D eigenvalue weighted by Gasteiger charge is 2.22. The van der Waals surface area contributed by atoms with E-state index in [1.54, 1.807) is 11.3 Å². The first-order valence-corrected chi connectivity index (χ1v) is 8.03. The predicted molar refractivity (Wildman–Crippen MR) is 86.2 cm³/mol. The summed E-state index contributed by atoms with van der Waals surface area (Å²) in [4.78, 5) is 36.3. The summed E-state index contributed by atoms with van der Waals surface area (Å²) in [6.07, 6.45) is 0.808. The second kappa shape index (κ2) is 9.26. The zero-order valence-electron chi connectivity index (χ0n) is 13.2. The van der Waals surface area contributed by atoms with E-state index in [0.29, 0.717) is 12.8 Å². The van der Waals surface area contributed by atoms with E-state index in [1.807, 2.05) is 19.1 Å². The number of hydrogen-bond acceptors (Lipinski definition) is 6. The summed E-state index contributed by atoms with van der Waals surface area (Å²) < 4.78 is 4.63. The molecule has 2 atom stereocenters. The number of thiophene rings is 1. The van der Waals surface area contributed by atoms with Crippen molar-refractivity contribution < 1.29 is 24.2 Å². The number of ether oxygens (including phenoxy) is 1. The fourth-order valence-electron chi connectivity index (χ4n) is 2.03. The lowest BCUT2D eigenvalue weighted by Gasteiger charge is -2.19. The molecule has 0 aliphatic rings. The van der Waals surface area contributed by atoms with Crippen molar-refractivity contribution in [2.24, 2.45) is 5.73 Å². The van der Waals surface area contributed by atoms with Gasteiger partial charge in [-0.3, -0.25) is 14.4 Å². The van der Waals surface area contributed by atoms with Crippen LogP contribution in [0.15, 0.2) is 12.1 Å². The maximum absolute atomic E-state index is 11.9. The van der Waals surface area contributed by atoms with E-state index in [-0.39, 0.29) is 6.42 Å². The monoisotopic (exact) mass is 342 g/mol. The van der Waals surface area contributed by atoms with Gasteiger partial charge in [-0.2, -0.15) is 0 Å². The minimum Gasteiger partial charge on any atom is -0.481 e. The molecule has 0 radical (unpaired) electrons. The van der Waals surface area contributed by atoms with E-state index < -0.39 is 36.4 Å². The van der Waals surface area contributed by atoms with Crippen LogP contribution < -0.4 is 11.1 Å². The first kappa shape index (κ1) is 19.1. The van der Waals surface area contributed by atoms with Crippen molar-refractivity contribution in [1.82, 2.24) is 5.32 Å². The van der Waals surface area contributed by atoms with Crippen LogP contribution in [-0.4, -0.2) is 42.1 Å². The number of hydrogen-bond donors (Lipinski definition) is 3. The van der Waals surface area contributed by atoms with Gasteiger partial charge < -0.3 is 20.9 Å². The van der Waals surface area contributed by atoms with Crippen molar-refractivity contribution in [3.8, 4) is 0 Å². The number of rotatable bonds is 9. The van der Waals surface area contributed by atoms with Crippen LogP contribution in [0.25, 0.3) is 0 Å². The van der Waals surface area contributed by atoms with Gasteiger partial charge in [0.1, 0.15) is 0 Å². The summed E-state index contributed by atoms with van der Waals surface area (Å²) in [7, 11) is 1.28. The van der Waals surface area contributed by atoms with E-state index in [4.69, 9.17) is 10.8 Å². The maximum Gasteiger partial charge on any atom is 0.307 e. The molecule has 23 heavy (non-hydrogen) atoms. The van der Waals surface area contributed by atoms with Gasteiger partial charge in [-0.1, -0.05) is 0 Å². The highest BCUT2D eigenvalue weighted by atomic mass is 32.1. The van der Waals surface area contributed by atoms with Crippen LogP contribution in [0.5, 0.6) is 0 Å². The summed E-state index contributed by atoms with van der Waals surface area (Å²) in [6.45, 7) is 2.01. The molecule has 0 spiro atoms. The van der Waals surface area contributed by atoms with Gasteiger partial charge in [0.05, 0.1) is 26.0 Å². The predicted octanol–water partition coefficient (Wildman–Crippen LogP) is 0.839. The maximum atomic E-state index is 11.9. The van der Waals surface area contributed by atoms with E-state index in [2.05, 4.69) is 10.1 Å². The van der Waals surface area contributed by atoms with Crippen molar-refractivity contribution in [2.75, 3.05) is 7.11 Å². The number of methoxy groups -OCH3 is 1. The number of amides is 1. The van der Waals surface area contributed by atoms with Crippen LogP contribution >= 0.6 is 11.3 Å². The molecule has 7 nitrogen and oxygen atoms in total. The normalized spacial score (nSPS) is 13.2. The SMILES string of the molecule is COC(=O)C[C@@H](CCc1ccc(C)s1)NC(=O)C(N)CC(=O)O. The van der Waals surface area contributed by atoms with E-state index in [0.717, 1.165) is 4.88 Å². The zero-order valence-corrected chi connectivity index (χ0v) is 14.0. The number of nitrogens with two attached hydrogens (primary N) is 1. The van der Waals surface area contributed by atoms with Gasteiger partial charge in [0.25, 0.3) is 0 Å². The quantitative estimate of drug-likeness (QED) is 0.572. The van der Waals surface area contributed by atoms with Crippen molar-refractivity contribution in [2.45, 2.75) is 44.7 Å². The number of carboxylic acids is 1. The molecule has 0 aliphatic carbocycles. The Hall–Kier alpha value is -1.93. The molecule has 0 fully saturated rings. The molecular formula is C15H22N2O5S. The lowest BCUT2D eigenvalue weighted by molar-refractivity contribution is -0.142. The van der Waals surface area contributed by atoms with Crippen molar-refractivity contribution in [3.63, 3.8) is 0 Å². The van der Waals surface area contributed by atoms with Gasteiger partial charge in [-0.25, -0.2) is 0 Å². The third kappa shape index (κ3) is 7.25. The lowest BCUT2D eigenvalue weighted by atomic mass is 10.1. The lowest BCUT2D eigenvalue weighted by Crippen LogP contribution is -2.47. The molecule has 0 saturated heterocycles. The van der Waals surface area contributed by atoms with Crippen LogP contribution in [0.2, 0.25) is 0 Å². The van der Waals surface area contributed by atoms with Gasteiger partial charge in [0.2, 0.25) is 5.91 Å². The first-order chi connectivity index (χ1) is 10.8. The zero-order chi connectivity index (χ0) is 17.4. The number of carbonyl (C=O) groups is 3. The Morgan fingerprint density at radius 2 is 2.04 bits per heavy atom. The van der Waals surface area contributed by atoms with Gasteiger partial charge in [-0.15, -0.1) is 11.3 Å². The number of aryl methyl sites for hydroxylation is 2. The molecule has 0 bridgehead atoms. The number of carbonyl (C=O) groups excluding carboxylic acids is 2. The van der Waals surface area contributed by atoms with E-state index in [9.17, 15) is 14.4 Å². The Labute approximate surface area is 138 Å². The van der Waals surface area contributed by atoms with Gasteiger partial charge in [0, 0.05) is 15.8 Å². The smallest absolute Gasteiger partial charge is 0.307 e. The first-order valence-electron chi connectivity index (χ1n) is 7.21. The minimum atomic E-state index is -1.15. The van der Waals surface area contributed by atoms with Crippen molar-refractivity contribution in [1.29, 1.82) is 0 Å². The number of nitrogens with one attached hydrogen (secondary N) is 1. The molecule has 1 aromatic heterocycles. The summed E-state index contributed by atoms with van der Waals surface area (Å²) in [5.74, 6) is -2.17. The van der Waals surface area contributed by atoms with Crippen molar-refractivity contribution >= 4 is 29.2 Å². The Morgan fingerprint density at radius 1 is 1.35 bits per heavy atom. The second-order valence-electron chi connectivity index (χ2n) is 5.24. The average Bonchev–Trinajstić information content (AvgIpc) is 2.89. The molecule has 1 rings (SSSR count). The molecular weight excluding hydrogens is 320 g/mol. The standard InChI is InChI=1S/C15H22N2O5S/c1-9-3-5-11(23-9)6-4-10(7-14(20)22-2)17-15(21)12(16)8-13(18)19/h3,5,10,12H,4,6-8,16H2,1-2H3,(H,17,21)(H,18,19)/t10-,12?/m1/s1. The Bertz CT molecular complexity index is 558. The summed E-state index contributed by atoms with van der Waals surface area (Å²) >= 11 is 1.66. The fourth-order valence-corrected chi connectivity index (χ4v) is 2.94. The molecule has 8 heteroatoms. The molecule has 1 aromatic rings. The largest absolute Gasteiger partial charge is 0.481 e. The molecule has 1 amide bonds. The van der Waals surface area contributed by atoms with Gasteiger partial charge >= 0.3 is 11.9 Å². The minimum absolute atomic E-state index is 0.0202. The average molecular weight is 342 g/mol. The molecule has 0 aliphatic heterocycles. The van der Waals surface area contributed by atoms with Crippen LogP contribution in [0.3, 0.4) is 0 Å². The second-order valence-corrected chi connectivity index (χ2v) is 6.61. The van der Waals surface area contributed by atoms with E-state index in [1.165, 1.54) is 12.0 Å². The Balaban J connectivity index is 2.62. The fraction of sp³-hybridized carbons (Fsp3) is 0.533. The molecule has 0 aromatic carbocycles. The summed E-state index contributed by atoms with van der Waals surface area (Å²) in [5, 5.41) is 11.3. The molecule has 4 N–H and O–H groups in total. The molecule has 128 valence electrons. The van der Waals surface area contributed by atoms with E-state index >= 15 is 0 Å². The van der Waals surface area contributed by atoms with Gasteiger partial charge in [0.15, 0.2) is 0 Å². The van der Waals surface area contributed by atoms with Crippen molar-refractivity contribution in [3.05, 3.63) is 21.9 Å². The number of carboxylic acid groups (broad SMARTS) is 1. The van der Waals surface area contributed by atoms with Crippen LogP contribution in [0.4, 0.5) is 0 Å². The number of esters is 1. The summed E-state index contributed by atoms with van der Waals surface area (Å²) in [6, 6.07) is 2.43. The molecule has 1 unspecified atom stereocenters. The van der Waals surface area contributed by atoms with Crippen LogP contribution in [0, 0.1) is 6.92 Å². The van der Waals surface area contributed by atoms with Crippen LogP contribution in [0.1, 0.15) is 29.0 Å². The third-order valence-corrected chi connectivity index (χ3v) is 4.31. The highest BCUT2D eigenvalue weighted by Crippen LogP contribution is 2.18. The highest BCUT2D eigenvalue weighted by molar-refractivity contribution is 7.11. The molecule has 1 heterocycles. The Kier molecular flexibility index (Phi) is 7.70. The Morgan fingerprint density at radius 3 is 2.57 bits per heavy atom. The molecule has 0 saturated carbocycles. The third-order valence-electron chi connectivity index (χ3n) is 3.25. The topological polar surface area (TPSA) is 119 Å². The summed E-state index contributed by atoms with van der Waals surface area (Å²) in [5.41, 5.74) is 5.53. The number of aliphatic carboxylic acids is 1.